The number of aromatic nitrogens is 2. The predicted molar refractivity (Wildman–Crippen MR) is 69.6 cm³/mol. The largest absolute Gasteiger partial charge is 0.345 e. The van der Waals surface area contributed by atoms with Gasteiger partial charge in [-0.25, -0.2) is 4.98 Å². The molecule has 0 radical (unpaired) electrons. The number of imidazole rings is 1. The van der Waals surface area contributed by atoms with E-state index in [0.29, 0.717) is 31.7 Å². The fraction of sp³-hybridized carbons (Fsp3) is 0.308. The van der Waals surface area contributed by atoms with Gasteiger partial charge in [0.25, 0.3) is 5.91 Å². The molecule has 1 aliphatic rings. The minimum atomic E-state index is 0.00190. The van der Waals surface area contributed by atoms with Crippen molar-refractivity contribution in [1.29, 1.82) is 0 Å². The number of fused-ring (bicyclic) bond motifs is 1. The second-order valence-corrected chi connectivity index (χ2v) is 4.57. The summed E-state index contributed by atoms with van der Waals surface area (Å²) in [7, 11) is 0. The van der Waals surface area contributed by atoms with Gasteiger partial charge in [-0.1, -0.05) is 0 Å². The van der Waals surface area contributed by atoms with Crippen LogP contribution in [-0.2, 0) is 4.79 Å². The number of H-pyrrole nitrogens is 1. The van der Waals surface area contributed by atoms with Crippen molar-refractivity contribution in [3.8, 4) is 0 Å². The molecule has 6 heteroatoms. The number of piperazine rings is 1. The van der Waals surface area contributed by atoms with E-state index in [1.165, 1.54) is 0 Å². The number of hydrogen-bond acceptors (Lipinski definition) is 3. The summed E-state index contributed by atoms with van der Waals surface area (Å²) >= 11 is 0. The maximum atomic E-state index is 12.3. The summed E-state index contributed by atoms with van der Waals surface area (Å²) in [5.41, 5.74) is 2.36. The summed E-state index contributed by atoms with van der Waals surface area (Å²) in [5, 5.41) is 0. The maximum absolute atomic E-state index is 12.3. The average Bonchev–Trinajstić information content (AvgIpc) is 2.94. The summed E-state index contributed by atoms with van der Waals surface area (Å²) in [5.74, 6) is 0.00190. The first-order chi connectivity index (χ1) is 9.28. The van der Waals surface area contributed by atoms with Gasteiger partial charge in [0.1, 0.15) is 0 Å². The van der Waals surface area contributed by atoms with Gasteiger partial charge in [0.2, 0.25) is 6.41 Å². The zero-order valence-corrected chi connectivity index (χ0v) is 10.4. The topological polar surface area (TPSA) is 69.3 Å². The first-order valence-electron chi connectivity index (χ1n) is 6.20. The number of nitrogens with zero attached hydrogens (tertiary/aromatic N) is 3. The van der Waals surface area contributed by atoms with Gasteiger partial charge in [0.05, 0.1) is 17.4 Å². The Labute approximate surface area is 110 Å². The van der Waals surface area contributed by atoms with E-state index >= 15 is 0 Å². The van der Waals surface area contributed by atoms with Gasteiger partial charge in [0.15, 0.2) is 0 Å². The molecule has 0 spiro atoms. The zero-order chi connectivity index (χ0) is 13.2. The first kappa shape index (κ1) is 11.7. The highest BCUT2D eigenvalue weighted by atomic mass is 16.2. The number of hydrogen-bond donors (Lipinski definition) is 1. The van der Waals surface area contributed by atoms with Crippen LogP contribution in [0, 0.1) is 0 Å². The number of carbonyl (C=O) groups excluding carboxylic acids is 2. The minimum Gasteiger partial charge on any atom is -0.345 e. The van der Waals surface area contributed by atoms with Crippen LogP contribution < -0.4 is 0 Å². The molecule has 0 saturated carbocycles. The van der Waals surface area contributed by atoms with E-state index in [2.05, 4.69) is 9.97 Å². The van der Waals surface area contributed by atoms with Gasteiger partial charge >= 0.3 is 0 Å². The highest BCUT2D eigenvalue weighted by Crippen LogP contribution is 2.14. The molecular formula is C13H14N4O2. The predicted octanol–water partition coefficient (Wildman–Crippen LogP) is 0.477. The Kier molecular flexibility index (Phi) is 2.91. The van der Waals surface area contributed by atoms with E-state index < -0.39 is 0 Å². The second-order valence-electron chi connectivity index (χ2n) is 4.57. The van der Waals surface area contributed by atoms with Crippen molar-refractivity contribution in [2.24, 2.45) is 0 Å². The lowest BCUT2D eigenvalue weighted by molar-refractivity contribution is -0.119. The molecule has 0 unspecified atom stereocenters. The van der Waals surface area contributed by atoms with Crippen LogP contribution in [0.25, 0.3) is 11.0 Å². The van der Waals surface area contributed by atoms with E-state index in [-0.39, 0.29) is 5.91 Å². The molecule has 2 heterocycles. The van der Waals surface area contributed by atoms with Crippen LogP contribution in [0.2, 0.25) is 0 Å². The van der Waals surface area contributed by atoms with Crippen LogP contribution in [0.15, 0.2) is 24.5 Å². The highest BCUT2D eigenvalue weighted by Gasteiger charge is 2.21. The van der Waals surface area contributed by atoms with Crippen molar-refractivity contribution >= 4 is 23.4 Å². The molecule has 0 atom stereocenters. The van der Waals surface area contributed by atoms with Crippen molar-refractivity contribution in [1.82, 2.24) is 19.8 Å². The van der Waals surface area contributed by atoms with Crippen LogP contribution in [0.1, 0.15) is 10.4 Å². The van der Waals surface area contributed by atoms with Gasteiger partial charge in [-0.15, -0.1) is 0 Å². The Hall–Kier alpha value is -2.37. The third-order valence-corrected chi connectivity index (χ3v) is 3.42. The van der Waals surface area contributed by atoms with E-state index in [4.69, 9.17) is 0 Å². The Morgan fingerprint density at radius 2 is 2.05 bits per heavy atom. The smallest absolute Gasteiger partial charge is 0.254 e. The molecule has 0 aliphatic carbocycles. The summed E-state index contributed by atoms with van der Waals surface area (Å²) in [6, 6.07) is 5.44. The molecule has 1 N–H and O–H groups in total. The fourth-order valence-electron chi connectivity index (χ4n) is 2.28. The normalized spacial score (nSPS) is 15.8. The van der Waals surface area contributed by atoms with Crippen molar-refractivity contribution in [2.75, 3.05) is 26.2 Å². The zero-order valence-electron chi connectivity index (χ0n) is 10.4. The third-order valence-electron chi connectivity index (χ3n) is 3.42. The average molecular weight is 258 g/mol. The summed E-state index contributed by atoms with van der Waals surface area (Å²) in [6.45, 7) is 2.36. The van der Waals surface area contributed by atoms with Crippen molar-refractivity contribution in [2.45, 2.75) is 0 Å². The maximum Gasteiger partial charge on any atom is 0.254 e. The lowest BCUT2D eigenvalue weighted by Gasteiger charge is -2.32. The van der Waals surface area contributed by atoms with Gasteiger partial charge in [-0.2, -0.15) is 0 Å². The Morgan fingerprint density at radius 3 is 2.79 bits per heavy atom. The van der Waals surface area contributed by atoms with Gasteiger partial charge in [-0.05, 0) is 18.2 Å². The van der Waals surface area contributed by atoms with Gasteiger partial charge in [-0.3, -0.25) is 9.59 Å². The molecule has 1 aromatic heterocycles. The number of aromatic amines is 1. The van der Waals surface area contributed by atoms with Crippen LogP contribution in [0.5, 0.6) is 0 Å². The monoisotopic (exact) mass is 258 g/mol. The molecule has 2 amide bonds. The summed E-state index contributed by atoms with van der Waals surface area (Å²) < 4.78 is 0. The fourth-order valence-corrected chi connectivity index (χ4v) is 2.28. The molecule has 2 aromatic rings. The van der Waals surface area contributed by atoms with Crippen LogP contribution in [0.3, 0.4) is 0 Å². The van der Waals surface area contributed by atoms with Crippen molar-refractivity contribution in [3.63, 3.8) is 0 Å². The SMILES string of the molecule is O=CN1CCN(C(=O)c2ccc3nc[nH]c3c2)CC1. The Morgan fingerprint density at radius 1 is 1.26 bits per heavy atom. The van der Waals surface area contributed by atoms with E-state index in [1.54, 1.807) is 22.2 Å². The van der Waals surface area contributed by atoms with E-state index in [1.807, 2.05) is 12.1 Å². The standard InChI is InChI=1S/C13H14N4O2/c18-9-16-3-5-17(6-4-16)13(19)10-1-2-11-12(7-10)15-8-14-11/h1-2,7-9H,3-6H2,(H,14,15). The lowest BCUT2D eigenvalue weighted by Crippen LogP contribution is -2.48. The molecule has 0 bridgehead atoms. The lowest BCUT2D eigenvalue weighted by atomic mass is 10.1. The number of benzene rings is 1. The number of carbonyl (C=O) groups is 2. The quantitative estimate of drug-likeness (QED) is 0.796. The minimum absolute atomic E-state index is 0.00190. The Balaban J connectivity index is 1.78. The molecule has 1 saturated heterocycles. The van der Waals surface area contributed by atoms with Crippen molar-refractivity contribution in [3.05, 3.63) is 30.1 Å². The molecule has 1 aliphatic heterocycles. The first-order valence-corrected chi connectivity index (χ1v) is 6.20. The van der Waals surface area contributed by atoms with E-state index in [0.717, 1.165) is 17.4 Å². The third kappa shape index (κ3) is 2.16. The molecule has 1 aromatic carbocycles. The van der Waals surface area contributed by atoms with Gasteiger partial charge in [0, 0.05) is 31.7 Å². The van der Waals surface area contributed by atoms with Crippen LogP contribution in [-0.4, -0.2) is 58.3 Å². The van der Waals surface area contributed by atoms with Crippen LogP contribution in [0.4, 0.5) is 0 Å². The van der Waals surface area contributed by atoms with E-state index in [9.17, 15) is 9.59 Å². The van der Waals surface area contributed by atoms with Crippen LogP contribution >= 0.6 is 0 Å². The number of nitrogens with one attached hydrogen (secondary N) is 1. The molecule has 19 heavy (non-hydrogen) atoms. The number of rotatable bonds is 2. The summed E-state index contributed by atoms with van der Waals surface area (Å²) in [4.78, 5) is 33.6. The molecule has 1 fully saturated rings. The second kappa shape index (κ2) is 4.72. The Bertz CT molecular complexity index is 614. The molecule has 3 rings (SSSR count). The summed E-state index contributed by atoms with van der Waals surface area (Å²) in [6.07, 6.45) is 2.44. The molecule has 98 valence electrons. The molecular weight excluding hydrogens is 244 g/mol. The number of amides is 2. The van der Waals surface area contributed by atoms with Crippen molar-refractivity contribution < 1.29 is 9.59 Å². The molecule has 6 nitrogen and oxygen atoms in total. The highest BCUT2D eigenvalue weighted by molar-refractivity contribution is 5.97. The van der Waals surface area contributed by atoms with Gasteiger partial charge < -0.3 is 14.8 Å².